The number of H-pyrrole nitrogens is 1. The molecule has 160 valence electrons. The van der Waals surface area contributed by atoms with Crippen LogP contribution in [-0.2, 0) is 13.5 Å². The van der Waals surface area contributed by atoms with Crippen molar-refractivity contribution >= 4 is 10.8 Å². The van der Waals surface area contributed by atoms with Gasteiger partial charge in [-0.1, -0.05) is 13.0 Å². The third-order valence-electron chi connectivity index (χ3n) is 5.60. The molecule has 4 aromatic rings. The number of fused-ring (bicyclic) bond motifs is 1. The zero-order valence-corrected chi connectivity index (χ0v) is 17.5. The maximum absolute atomic E-state index is 15.1. The highest BCUT2D eigenvalue weighted by atomic mass is 19.1. The molecular weight excluding hydrogens is 411 g/mol. The smallest absolute Gasteiger partial charge is 0.272 e. The van der Waals surface area contributed by atoms with E-state index in [0.717, 1.165) is 35.7 Å². The van der Waals surface area contributed by atoms with Crippen LogP contribution in [0.25, 0.3) is 33.2 Å². The van der Waals surface area contributed by atoms with Crippen LogP contribution in [0.2, 0.25) is 0 Å². The zero-order chi connectivity index (χ0) is 22.4. The van der Waals surface area contributed by atoms with Crippen LogP contribution in [0, 0.1) is 17.1 Å². The van der Waals surface area contributed by atoms with Gasteiger partial charge in [0.05, 0.1) is 34.7 Å². The van der Waals surface area contributed by atoms with E-state index in [2.05, 4.69) is 26.3 Å². The number of aromatic nitrogens is 5. The summed E-state index contributed by atoms with van der Waals surface area (Å²) in [5.41, 5.74) is 2.38. The van der Waals surface area contributed by atoms with E-state index in [1.165, 1.54) is 4.68 Å². The largest absolute Gasteiger partial charge is 0.473 e. The van der Waals surface area contributed by atoms with E-state index >= 15 is 4.39 Å². The first-order valence-electron chi connectivity index (χ1n) is 10.3. The molecule has 3 heterocycles. The highest BCUT2D eigenvalue weighted by molar-refractivity contribution is 5.92. The van der Waals surface area contributed by atoms with Crippen LogP contribution in [0.3, 0.4) is 0 Å². The van der Waals surface area contributed by atoms with Gasteiger partial charge in [0, 0.05) is 18.0 Å². The first-order valence-corrected chi connectivity index (χ1v) is 10.3. The molecule has 3 aromatic heterocycles. The molecule has 5 rings (SSSR count). The lowest BCUT2D eigenvalue weighted by Crippen LogP contribution is -2.10. The van der Waals surface area contributed by atoms with E-state index in [4.69, 9.17) is 4.74 Å². The second-order valence-corrected chi connectivity index (χ2v) is 7.73. The summed E-state index contributed by atoms with van der Waals surface area (Å²) in [4.78, 5) is 16.2. The molecule has 1 fully saturated rings. The maximum atomic E-state index is 15.1. The first-order chi connectivity index (χ1) is 15.5. The molecule has 0 spiro atoms. The molecule has 0 unspecified atom stereocenters. The van der Waals surface area contributed by atoms with Crippen molar-refractivity contribution in [3.63, 3.8) is 0 Å². The predicted molar refractivity (Wildman–Crippen MR) is 115 cm³/mol. The van der Waals surface area contributed by atoms with Gasteiger partial charge in [0.2, 0.25) is 5.88 Å². The van der Waals surface area contributed by atoms with Crippen LogP contribution >= 0.6 is 0 Å². The molecule has 1 aliphatic carbocycles. The predicted octanol–water partition coefficient (Wildman–Crippen LogP) is 3.50. The van der Waals surface area contributed by atoms with Crippen LogP contribution in [0.1, 0.15) is 31.0 Å². The third kappa shape index (κ3) is 3.21. The van der Waals surface area contributed by atoms with Gasteiger partial charge in [-0.2, -0.15) is 15.5 Å². The fourth-order valence-corrected chi connectivity index (χ4v) is 3.84. The van der Waals surface area contributed by atoms with Gasteiger partial charge in [0.15, 0.2) is 5.82 Å². The first kappa shape index (κ1) is 19.9. The number of rotatable bonds is 5. The summed E-state index contributed by atoms with van der Waals surface area (Å²) in [7, 11) is 1.69. The summed E-state index contributed by atoms with van der Waals surface area (Å²) in [5, 5.41) is 22.1. The van der Waals surface area contributed by atoms with Crippen molar-refractivity contribution in [3.05, 3.63) is 58.0 Å². The quantitative estimate of drug-likeness (QED) is 0.519. The summed E-state index contributed by atoms with van der Waals surface area (Å²) in [6, 6.07) is 7.42. The Morgan fingerprint density at radius 1 is 1.31 bits per heavy atom. The molecule has 0 saturated heterocycles. The van der Waals surface area contributed by atoms with Gasteiger partial charge in [-0.15, -0.1) is 0 Å². The molecule has 0 atom stereocenters. The lowest BCUT2D eigenvalue weighted by Gasteiger charge is -2.13. The number of hydrogen-bond acceptors (Lipinski definition) is 6. The summed E-state index contributed by atoms with van der Waals surface area (Å²) in [6.07, 6.45) is 5.11. The Balaban J connectivity index is 1.74. The van der Waals surface area contributed by atoms with E-state index in [0.29, 0.717) is 23.1 Å². The summed E-state index contributed by atoms with van der Waals surface area (Å²) in [5.74, 6) is -0.510. The monoisotopic (exact) mass is 430 g/mol. The lowest BCUT2D eigenvalue weighted by atomic mass is 9.96. The second kappa shape index (κ2) is 7.57. The van der Waals surface area contributed by atoms with Gasteiger partial charge in [0.25, 0.3) is 5.56 Å². The molecule has 0 radical (unpaired) electrons. The minimum Gasteiger partial charge on any atom is -0.473 e. The van der Waals surface area contributed by atoms with Gasteiger partial charge in [-0.25, -0.2) is 14.5 Å². The average molecular weight is 430 g/mol. The number of aryl methyl sites for hydroxylation is 2. The lowest BCUT2D eigenvalue weighted by molar-refractivity contribution is 0.289. The van der Waals surface area contributed by atoms with E-state index < -0.39 is 5.82 Å². The van der Waals surface area contributed by atoms with Crippen LogP contribution in [0.5, 0.6) is 5.88 Å². The van der Waals surface area contributed by atoms with Crippen molar-refractivity contribution in [1.29, 1.82) is 5.26 Å². The number of hydrogen-bond donors (Lipinski definition) is 1. The number of pyridine rings is 1. The molecular formula is C23H19FN6O2. The molecule has 32 heavy (non-hydrogen) atoms. The number of benzene rings is 1. The van der Waals surface area contributed by atoms with Crippen molar-refractivity contribution in [1.82, 2.24) is 25.0 Å². The molecule has 1 aromatic carbocycles. The summed E-state index contributed by atoms with van der Waals surface area (Å²) in [6.45, 7) is 1.95. The Morgan fingerprint density at radius 3 is 2.84 bits per heavy atom. The van der Waals surface area contributed by atoms with E-state index in [9.17, 15) is 10.1 Å². The van der Waals surface area contributed by atoms with Crippen molar-refractivity contribution in [3.8, 4) is 34.3 Å². The number of nitrogens with one attached hydrogen (secondary N) is 1. The number of nitrogens with zero attached hydrogens (tertiary/aromatic N) is 5. The fourth-order valence-electron chi connectivity index (χ4n) is 3.84. The Kier molecular flexibility index (Phi) is 4.70. The van der Waals surface area contributed by atoms with Crippen LogP contribution in [0.4, 0.5) is 4.39 Å². The topological polar surface area (TPSA) is 109 Å². The second-order valence-electron chi connectivity index (χ2n) is 7.73. The fraction of sp³-hybridized carbons (Fsp3) is 0.261. The van der Waals surface area contributed by atoms with E-state index in [1.54, 1.807) is 25.4 Å². The molecule has 0 aliphatic heterocycles. The number of ether oxygens (including phenoxy) is 1. The number of halogens is 1. The van der Waals surface area contributed by atoms with Gasteiger partial charge in [-0.3, -0.25) is 9.48 Å². The Hall–Kier alpha value is -4.06. The highest BCUT2D eigenvalue weighted by Crippen LogP contribution is 2.39. The van der Waals surface area contributed by atoms with Crippen molar-refractivity contribution in [2.45, 2.75) is 32.3 Å². The van der Waals surface area contributed by atoms with Crippen LogP contribution in [-0.4, -0.2) is 31.1 Å². The Bertz CT molecular complexity index is 1460. The van der Waals surface area contributed by atoms with E-state index in [1.807, 2.05) is 13.0 Å². The molecule has 8 nitrogen and oxygen atoms in total. The highest BCUT2D eigenvalue weighted by Gasteiger charge is 2.29. The van der Waals surface area contributed by atoms with Crippen LogP contribution in [0.15, 0.2) is 35.4 Å². The molecule has 1 aliphatic rings. The van der Waals surface area contributed by atoms with Gasteiger partial charge in [-0.05, 0) is 37.0 Å². The Morgan fingerprint density at radius 2 is 2.12 bits per heavy atom. The Labute approximate surface area is 182 Å². The average Bonchev–Trinajstić information content (AvgIpc) is 3.54. The van der Waals surface area contributed by atoms with Gasteiger partial charge < -0.3 is 4.74 Å². The van der Waals surface area contributed by atoms with Crippen molar-refractivity contribution in [2.75, 3.05) is 0 Å². The standard InChI is InChI=1S/C23H19FN6O2/c1-3-19-15-8-12(4-7-14(15)22(31)29-28-19)17-10-27-30(2)21(17)20-16(9-25)23(26-11-18(20)24)32-13-5-6-13/h4,7-8,10-11,13H,3,5-6H2,1-2H3,(H,29,31). The maximum Gasteiger partial charge on any atom is 0.272 e. The third-order valence-corrected chi connectivity index (χ3v) is 5.60. The number of nitriles is 1. The SMILES string of the molecule is CCc1n[nH]c(=O)c2ccc(-c3cnn(C)c3-c3c(F)cnc(OC4CC4)c3C#N)cc12. The zero-order valence-electron chi connectivity index (χ0n) is 17.5. The molecule has 9 heteroatoms. The summed E-state index contributed by atoms with van der Waals surface area (Å²) >= 11 is 0. The molecule has 0 amide bonds. The van der Waals surface area contributed by atoms with Crippen molar-refractivity contribution < 1.29 is 9.13 Å². The van der Waals surface area contributed by atoms with Crippen LogP contribution < -0.4 is 10.3 Å². The summed E-state index contributed by atoms with van der Waals surface area (Å²) < 4.78 is 22.3. The molecule has 1 N–H and O–H groups in total. The van der Waals surface area contributed by atoms with Gasteiger partial charge in [0.1, 0.15) is 17.7 Å². The molecule has 0 bridgehead atoms. The normalized spacial score (nSPS) is 13.3. The number of aromatic amines is 1. The van der Waals surface area contributed by atoms with Gasteiger partial charge >= 0.3 is 0 Å². The molecule has 1 saturated carbocycles. The minimum absolute atomic E-state index is 0.0115. The van der Waals surface area contributed by atoms with Crippen molar-refractivity contribution in [2.24, 2.45) is 7.05 Å². The minimum atomic E-state index is -0.636. The van der Waals surface area contributed by atoms with E-state index in [-0.39, 0.29) is 28.7 Å².